The van der Waals surface area contributed by atoms with Crippen LogP contribution in [0.25, 0.3) is 0 Å². The molecule has 0 fully saturated rings. The molecule has 0 saturated carbocycles. The van der Waals surface area contributed by atoms with Crippen molar-refractivity contribution in [3.8, 4) is 0 Å². The number of hydrogen-bond acceptors (Lipinski definition) is 4. The zero-order valence-electron chi connectivity index (χ0n) is 8.87. The van der Waals surface area contributed by atoms with Crippen LogP contribution in [0.5, 0.6) is 0 Å². The molecule has 5 heteroatoms. The summed E-state index contributed by atoms with van der Waals surface area (Å²) in [7, 11) is 1.27. The van der Waals surface area contributed by atoms with Crippen molar-refractivity contribution in [2.45, 2.75) is 19.9 Å². The van der Waals surface area contributed by atoms with Gasteiger partial charge in [0.05, 0.1) is 18.9 Å². The summed E-state index contributed by atoms with van der Waals surface area (Å²) in [5, 5.41) is 2.50. The topological polar surface area (TPSA) is 68.5 Å². The zero-order valence-corrected chi connectivity index (χ0v) is 8.87. The summed E-state index contributed by atoms with van der Waals surface area (Å²) in [4.78, 5) is 22.6. The summed E-state index contributed by atoms with van der Waals surface area (Å²) in [6, 6.07) is 0.881. The number of aryl methyl sites for hydroxylation is 1. The number of methoxy groups -OCH3 is 1. The minimum absolute atomic E-state index is 0.348. The quantitative estimate of drug-likeness (QED) is 0.753. The lowest BCUT2D eigenvalue weighted by Gasteiger charge is -2.10. The van der Waals surface area contributed by atoms with E-state index in [2.05, 4.69) is 10.1 Å². The van der Waals surface area contributed by atoms with Crippen LogP contribution in [0.2, 0.25) is 0 Å². The maximum absolute atomic E-state index is 11.6. The fourth-order valence-electron chi connectivity index (χ4n) is 1.13. The Morgan fingerprint density at radius 2 is 2.20 bits per heavy atom. The molecule has 1 aromatic heterocycles. The Balaban J connectivity index is 2.64. The number of esters is 1. The molecular formula is C10H13NO4. The maximum Gasteiger partial charge on any atom is 0.328 e. The third-order valence-electron chi connectivity index (χ3n) is 2.01. The monoisotopic (exact) mass is 211 g/mol. The van der Waals surface area contributed by atoms with E-state index < -0.39 is 12.0 Å². The molecule has 0 spiro atoms. The fraction of sp³-hybridized carbons (Fsp3) is 0.400. The highest BCUT2D eigenvalue weighted by molar-refractivity contribution is 5.97. The Kier molecular flexibility index (Phi) is 3.49. The summed E-state index contributed by atoms with van der Waals surface area (Å²) < 4.78 is 9.46. The van der Waals surface area contributed by atoms with Crippen molar-refractivity contribution in [2.24, 2.45) is 0 Å². The average Bonchev–Trinajstić information content (AvgIpc) is 2.63. The molecule has 1 atom stereocenters. The molecule has 0 aromatic carbocycles. The number of amides is 1. The number of carbonyl (C=O) groups is 2. The van der Waals surface area contributed by atoms with Gasteiger partial charge in [0.15, 0.2) is 0 Å². The van der Waals surface area contributed by atoms with E-state index in [0.717, 1.165) is 0 Å². The van der Waals surface area contributed by atoms with Gasteiger partial charge in [0.2, 0.25) is 0 Å². The van der Waals surface area contributed by atoms with E-state index in [0.29, 0.717) is 11.3 Å². The number of nitrogens with one attached hydrogen (secondary N) is 1. The van der Waals surface area contributed by atoms with Gasteiger partial charge in [-0.1, -0.05) is 0 Å². The smallest absolute Gasteiger partial charge is 0.328 e. The van der Waals surface area contributed by atoms with Gasteiger partial charge in [0.1, 0.15) is 11.8 Å². The molecule has 82 valence electrons. The molecule has 0 aliphatic carbocycles. The molecule has 1 aromatic rings. The van der Waals surface area contributed by atoms with Gasteiger partial charge in [-0.15, -0.1) is 0 Å². The Labute approximate surface area is 87.4 Å². The SMILES string of the molecule is COC(=O)C(C)NC(=O)c1ccoc1C. The van der Waals surface area contributed by atoms with Gasteiger partial charge in [0, 0.05) is 0 Å². The third-order valence-corrected chi connectivity index (χ3v) is 2.01. The van der Waals surface area contributed by atoms with Crippen molar-refractivity contribution in [2.75, 3.05) is 7.11 Å². The van der Waals surface area contributed by atoms with Crippen molar-refractivity contribution >= 4 is 11.9 Å². The number of ether oxygens (including phenoxy) is 1. The van der Waals surface area contributed by atoms with Crippen molar-refractivity contribution in [3.63, 3.8) is 0 Å². The average molecular weight is 211 g/mol. The first-order chi connectivity index (χ1) is 7.06. The molecule has 1 rings (SSSR count). The molecule has 0 bridgehead atoms. The normalized spacial score (nSPS) is 11.9. The highest BCUT2D eigenvalue weighted by Gasteiger charge is 2.18. The minimum Gasteiger partial charge on any atom is -0.469 e. The van der Waals surface area contributed by atoms with Gasteiger partial charge in [-0.25, -0.2) is 4.79 Å². The van der Waals surface area contributed by atoms with E-state index in [1.54, 1.807) is 19.9 Å². The van der Waals surface area contributed by atoms with Gasteiger partial charge in [-0.3, -0.25) is 4.79 Å². The van der Waals surface area contributed by atoms with Crippen molar-refractivity contribution in [1.82, 2.24) is 5.32 Å². The van der Waals surface area contributed by atoms with Crippen molar-refractivity contribution in [1.29, 1.82) is 0 Å². The van der Waals surface area contributed by atoms with E-state index in [1.165, 1.54) is 13.4 Å². The van der Waals surface area contributed by atoms with Crippen LogP contribution in [0.1, 0.15) is 23.0 Å². The lowest BCUT2D eigenvalue weighted by molar-refractivity contribution is -0.142. The van der Waals surface area contributed by atoms with Crippen molar-refractivity contribution in [3.05, 3.63) is 23.7 Å². The molecule has 0 aliphatic rings. The Morgan fingerprint density at radius 3 is 2.67 bits per heavy atom. The number of carbonyl (C=O) groups excluding carboxylic acids is 2. The number of rotatable bonds is 3. The van der Waals surface area contributed by atoms with Gasteiger partial charge in [-0.2, -0.15) is 0 Å². The molecule has 5 nitrogen and oxygen atoms in total. The second-order valence-corrected chi connectivity index (χ2v) is 3.11. The van der Waals surface area contributed by atoms with Gasteiger partial charge >= 0.3 is 5.97 Å². The summed E-state index contributed by atoms with van der Waals surface area (Å²) >= 11 is 0. The summed E-state index contributed by atoms with van der Waals surface area (Å²) in [6.07, 6.45) is 1.42. The number of furan rings is 1. The van der Waals surface area contributed by atoms with Crippen molar-refractivity contribution < 1.29 is 18.7 Å². The van der Waals surface area contributed by atoms with Crippen LogP contribution < -0.4 is 5.32 Å². The van der Waals surface area contributed by atoms with E-state index in [4.69, 9.17) is 4.42 Å². The molecule has 0 aliphatic heterocycles. The Hall–Kier alpha value is -1.78. The van der Waals surface area contributed by atoms with E-state index in [1.807, 2.05) is 0 Å². The highest BCUT2D eigenvalue weighted by Crippen LogP contribution is 2.08. The maximum atomic E-state index is 11.6. The third kappa shape index (κ3) is 2.59. The lowest BCUT2D eigenvalue weighted by Crippen LogP contribution is -2.39. The molecule has 1 N–H and O–H groups in total. The van der Waals surface area contributed by atoms with E-state index >= 15 is 0 Å². The van der Waals surface area contributed by atoms with Crippen LogP contribution in [0, 0.1) is 6.92 Å². The molecular weight excluding hydrogens is 198 g/mol. The van der Waals surface area contributed by atoms with Gasteiger partial charge in [0.25, 0.3) is 5.91 Å². The second-order valence-electron chi connectivity index (χ2n) is 3.11. The summed E-state index contributed by atoms with van der Waals surface area (Å²) in [5.74, 6) is -0.312. The highest BCUT2D eigenvalue weighted by atomic mass is 16.5. The standard InChI is InChI=1S/C10H13NO4/c1-6(10(13)14-3)11-9(12)8-4-5-15-7(8)2/h4-6H,1-3H3,(H,11,12). The first kappa shape index (κ1) is 11.3. The van der Waals surface area contributed by atoms with Crippen LogP contribution in [0.15, 0.2) is 16.7 Å². The van der Waals surface area contributed by atoms with Crippen LogP contribution in [0.4, 0.5) is 0 Å². The van der Waals surface area contributed by atoms with Crippen LogP contribution in [-0.2, 0) is 9.53 Å². The molecule has 15 heavy (non-hydrogen) atoms. The minimum atomic E-state index is -0.670. The Bertz CT molecular complexity index is 369. The van der Waals surface area contributed by atoms with Gasteiger partial charge < -0.3 is 14.5 Å². The molecule has 1 heterocycles. The predicted molar refractivity (Wildman–Crippen MR) is 52.4 cm³/mol. The van der Waals surface area contributed by atoms with Crippen LogP contribution >= 0.6 is 0 Å². The first-order valence-electron chi connectivity index (χ1n) is 4.49. The molecule has 1 unspecified atom stereocenters. The largest absolute Gasteiger partial charge is 0.469 e. The van der Waals surface area contributed by atoms with E-state index in [9.17, 15) is 9.59 Å². The van der Waals surface area contributed by atoms with Gasteiger partial charge in [-0.05, 0) is 19.9 Å². The first-order valence-corrected chi connectivity index (χ1v) is 4.49. The molecule has 1 amide bonds. The van der Waals surface area contributed by atoms with Crippen LogP contribution in [0.3, 0.4) is 0 Å². The fourth-order valence-corrected chi connectivity index (χ4v) is 1.13. The lowest BCUT2D eigenvalue weighted by atomic mass is 10.2. The predicted octanol–water partition coefficient (Wildman–Crippen LogP) is 0.879. The summed E-state index contributed by atoms with van der Waals surface area (Å²) in [6.45, 7) is 3.23. The zero-order chi connectivity index (χ0) is 11.4. The van der Waals surface area contributed by atoms with Crippen LogP contribution in [-0.4, -0.2) is 25.0 Å². The second kappa shape index (κ2) is 4.63. The summed E-state index contributed by atoms with van der Waals surface area (Å²) in [5.41, 5.74) is 0.422. The molecule has 0 radical (unpaired) electrons. The number of hydrogen-bond donors (Lipinski definition) is 1. The Morgan fingerprint density at radius 1 is 1.53 bits per heavy atom. The van der Waals surface area contributed by atoms with E-state index in [-0.39, 0.29) is 5.91 Å². The molecule has 0 saturated heterocycles.